The summed E-state index contributed by atoms with van der Waals surface area (Å²) in [7, 11) is 0. The van der Waals surface area contributed by atoms with Crippen molar-refractivity contribution in [3.05, 3.63) is 64.6 Å². The Kier molecular flexibility index (Phi) is 7.89. The molecule has 0 saturated heterocycles. The first-order valence-electron chi connectivity index (χ1n) is 10.9. The zero-order chi connectivity index (χ0) is 25.0. The molecule has 3 rings (SSSR count). The van der Waals surface area contributed by atoms with E-state index in [4.69, 9.17) is 23.2 Å². The Morgan fingerprint density at radius 3 is 2.29 bits per heavy atom. The Morgan fingerprint density at radius 2 is 1.71 bits per heavy atom. The predicted octanol–water partition coefficient (Wildman–Crippen LogP) is 6.00. The number of nitrogens with zero attached hydrogens (tertiary/aromatic N) is 3. The van der Waals surface area contributed by atoms with Crippen LogP contribution in [0.15, 0.2) is 54.6 Å². The molecule has 1 heterocycles. The van der Waals surface area contributed by atoms with Crippen molar-refractivity contribution in [1.82, 2.24) is 20.0 Å². The minimum absolute atomic E-state index is 0.118. The standard InChI is InChI=1S/C25H29Cl2N5O2/c1-16(2)31(24(34)29-25(3,4)5)15-23(33)28-22-14-21(17-9-7-6-8-10-17)30-32(22)18-11-12-19(26)20(27)13-18/h6-14,16H,15H2,1-5H3,(H,28,33)(H,29,34). The molecule has 0 radical (unpaired) electrons. The van der Waals surface area contributed by atoms with Crippen LogP contribution in [0.1, 0.15) is 34.6 Å². The van der Waals surface area contributed by atoms with E-state index >= 15 is 0 Å². The molecule has 34 heavy (non-hydrogen) atoms. The fourth-order valence-corrected chi connectivity index (χ4v) is 3.54. The number of nitrogens with one attached hydrogen (secondary N) is 2. The SMILES string of the molecule is CC(C)N(CC(=O)Nc1cc(-c2ccccc2)nn1-c1ccc(Cl)c(Cl)c1)C(=O)NC(C)(C)C. The summed E-state index contributed by atoms with van der Waals surface area (Å²) < 4.78 is 1.59. The maximum absolute atomic E-state index is 13.0. The van der Waals surface area contributed by atoms with Gasteiger partial charge in [-0.3, -0.25) is 4.79 Å². The molecule has 9 heteroatoms. The van der Waals surface area contributed by atoms with Crippen molar-refractivity contribution >= 4 is 41.0 Å². The Hall–Kier alpha value is -3.03. The van der Waals surface area contributed by atoms with Gasteiger partial charge < -0.3 is 15.5 Å². The second kappa shape index (κ2) is 10.5. The van der Waals surface area contributed by atoms with Crippen LogP contribution in [0.5, 0.6) is 0 Å². The lowest BCUT2D eigenvalue weighted by atomic mass is 10.1. The molecule has 0 unspecified atom stereocenters. The van der Waals surface area contributed by atoms with Gasteiger partial charge in [-0.1, -0.05) is 53.5 Å². The first kappa shape index (κ1) is 25.6. The van der Waals surface area contributed by atoms with Gasteiger partial charge in [0.05, 0.1) is 21.4 Å². The highest BCUT2D eigenvalue weighted by Gasteiger charge is 2.24. The van der Waals surface area contributed by atoms with Crippen LogP contribution in [0.2, 0.25) is 10.0 Å². The summed E-state index contributed by atoms with van der Waals surface area (Å²) in [5.74, 6) is 0.0979. The van der Waals surface area contributed by atoms with Gasteiger partial charge in [-0.2, -0.15) is 5.10 Å². The summed E-state index contributed by atoms with van der Waals surface area (Å²) in [6.45, 7) is 9.29. The molecular weight excluding hydrogens is 473 g/mol. The number of hydrogen-bond donors (Lipinski definition) is 2. The van der Waals surface area contributed by atoms with E-state index < -0.39 is 5.54 Å². The summed E-state index contributed by atoms with van der Waals surface area (Å²) in [6, 6.07) is 16.0. The van der Waals surface area contributed by atoms with Crippen LogP contribution >= 0.6 is 23.2 Å². The molecule has 180 valence electrons. The Balaban J connectivity index is 1.91. The highest BCUT2D eigenvalue weighted by molar-refractivity contribution is 6.42. The summed E-state index contributed by atoms with van der Waals surface area (Å²) in [6.07, 6.45) is 0. The molecule has 3 aromatic rings. The van der Waals surface area contributed by atoms with E-state index in [1.165, 1.54) is 4.90 Å². The van der Waals surface area contributed by atoms with E-state index in [-0.39, 0.29) is 24.5 Å². The van der Waals surface area contributed by atoms with Gasteiger partial charge in [0.15, 0.2) is 0 Å². The van der Waals surface area contributed by atoms with Crippen LogP contribution in [-0.4, -0.2) is 44.7 Å². The molecule has 2 aromatic carbocycles. The van der Waals surface area contributed by atoms with Crippen LogP contribution in [-0.2, 0) is 4.79 Å². The Morgan fingerprint density at radius 1 is 1.03 bits per heavy atom. The first-order valence-corrected chi connectivity index (χ1v) is 11.7. The number of rotatable bonds is 6. The van der Waals surface area contributed by atoms with Crippen LogP contribution in [0, 0.1) is 0 Å². The van der Waals surface area contributed by atoms with Crippen molar-refractivity contribution in [2.45, 2.75) is 46.2 Å². The van der Waals surface area contributed by atoms with Gasteiger partial charge in [0.2, 0.25) is 5.91 Å². The van der Waals surface area contributed by atoms with Crippen LogP contribution in [0.4, 0.5) is 10.6 Å². The number of benzene rings is 2. The molecule has 0 aliphatic carbocycles. The monoisotopic (exact) mass is 501 g/mol. The molecule has 1 aromatic heterocycles. The number of carbonyl (C=O) groups excluding carboxylic acids is 2. The first-order chi connectivity index (χ1) is 15.9. The maximum Gasteiger partial charge on any atom is 0.318 e. The molecule has 0 atom stereocenters. The molecule has 0 spiro atoms. The molecule has 2 N–H and O–H groups in total. The van der Waals surface area contributed by atoms with Crippen molar-refractivity contribution in [1.29, 1.82) is 0 Å². The maximum atomic E-state index is 13.0. The van der Waals surface area contributed by atoms with Gasteiger partial charge in [0.1, 0.15) is 12.4 Å². The smallest absolute Gasteiger partial charge is 0.318 e. The number of anilines is 1. The number of urea groups is 1. The fraction of sp³-hybridized carbons (Fsp3) is 0.320. The average Bonchev–Trinajstić information content (AvgIpc) is 3.16. The molecule has 0 bridgehead atoms. The van der Waals surface area contributed by atoms with Crippen LogP contribution in [0.25, 0.3) is 16.9 Å². The van der Waals surface area contributed by atoms with Gasteiger partial charge in [-0.15, -0.1) is 0 Å². The summed E-state index contributed by atoms with van der Waals surface area (Å²) in [4.78, 5) is 27.2. The zero-order valence-electron chi connectivity index (χ0n) is 19.9. The molecule has 0 aliphatic rings. The molecule has 7 nitrogen and oxygen atoms in total. The van der Waals surface area contributed by atoms with Gasteiger partial charge in [-0.25, -0.2) is 9.48 Å². The minimum atomic E-state index is -0.419. The van der Waals surface area contributed by atoms with E-state index in [1.807, 2.05) is 65.0 Å². The van der Waals surface area contributed by atoms with E-state index in [9.17, 15) is 9.59 Å². The summed E-state index contributed by atoms with van der Waals surface area (Å²) in [5, 5.41) is 11.3. The Labute approximate surface area is 210 Å². The summed E-state index contributed by atoms with van der Waals surface area (Å²) in [5.41, 5.74) is 1.79. The minimum Gasteiger partial charge on any atom is -0.333 e. The third-order valence-electron chi connectivity index (χ3n) is 4.87. The van der Waals surface area contributed by atoms with Crippen molar-refractivity contribution in [3.63, 3.8) is 0 Å². The third kappa shape index (κ3) is 6.52. The normalized spacial score (nSPS) is 11.4. The van der Waals surface area contributed by atoms with Gasteiger partial charge >= 0.3 is 6.03 Å². The topological polar surface area (TPSA) is 79.3 Å². The van der Waals surface area contributed by atoms with Gasteiger partial charge in [-0.05, 0) is 52.8 Å². The van der Waals surface area contributed by atoms with Crippen LogP contribution < -0.4 is 10.6 Å². The Bertz CT molecular complexity index is 1170. The molecular formula is C25H29Cl2N5O2. The van der Waals surface area contributed by atoms with Crippen molar-refractivity contribution < 1.29 is 9.59 Å². The van der Waals surface area contributed by atoms with Crippen molar-refractivity contribution in [2.75, 3.05) is 11.9 Å². The van der Waals surface area contributed by atoms with Crippen LogP contribution in [0.3, 0.4) is 0 Å². The quantitative estimate of drug-likeness (QED) is 0.434. The van der Waals surface area contributed by atoms with Crippen molar-refractivity contribution in [3.8, 4) is 16.9 Å². The van der Waals surface area contributed by atoms with E-state index in [2.05, 4.69) is 15.7 Å². The molecule has 0 saturated carbocycles. The number of carbonyl (C=O) groups is 2. The predicted molar refractivity (Wildman–Crippen MR) is 138 cm³/mol. The fourth-order valence-electron chi connectivity index (χ4n) is 3.25. The number of amides is 3. The van der Waals surface area contributed by atoms with Crippen molar-refractivity contribution in [2.24, 2.45) is 0 Å². The van der Waals surface area contributed by atoms with Gasteiger partial charge in [0.25, 0.3) is 0 Å². The van der Waals surface area contributed by atoms with E-state index in [0.717, 1.165) is 5.56 Å². The highest BCUT2D eigenvalue weighted by atomic mass is 35.5. The highest BCUT2D eigenvalue weighted by Crippen LogP contribution is 2.29. The number of aromatic nitrogens is 2. The second-order valence-electron chi connectivity index (χ2n) is 9.24. The average molecular weight is 502 g/mol. The van der Waals surface area contributed by atoms with Gasteiger partial charge in [0, 0.05) is 23.2 Å². The third-order valence-corrected chi connectivity index (χ3v) is 5.61. The summed E-state index contributed by atoms with van der Waals surface area (Å²) >= 11 is 12.3. The van der Waals surface area contributed by atoms with E-state index in [0.29, 0.717) is 27.2 Å². The largest absolute Gasteiger partial charge is 0.333 e. The second-order valence-corrected chi connectivity index (χ2v) is 10.1. The lowest BCUT2D eigenvalue weighted by Gasteiger charge is -2.30. The zero-order valence-corrected chi connectivity index (χ0v) is 21.4. The van der Waals surface area contributed by atoms with E-state index in [1.54, 1.807) is 28.9 Å². The molecule has 3 amide bonds. The lowest BCUT2D eigenvalue weighted by molar-refractivity contribution is -0.117. The number of halogens is 2. The molecule has 0 fully saturated rings. The lowest BCUT2D eigenvalue weighted by Crippen LogP contribution is -2.52. The molecule has 0 aliphatic heterocycles. The number of hydrogen-bond acceptors (Lipinski definition) is 3.